The van der Waals surface area contributed by atoms with Crippen LogP contribution in [-0.4, -0.2) is 22.5 Å². The Labute approximate surface area is 110 Å². The fourth-order valence-electron chi connectivity index (χ4n) is 2.12. The van der Waals surface area contributed by atoms with E-state index in [0.29, 0.717) is 0 Å². The number of thiazole rings is 1. The van der Waals surface area contributed by atoms with Gasteiger partial charge in [-0.3, -0.25) is 0 Å². The van der Waals surface area contributed by atoms with E-state index < -0.39 is 0 Å². The summed E-state index contributed by atoms with van der Waals surface area (Å²) in [7, 11) is 0. The molecule has 1 atom stereocenters. The lowest BCUT2D eigenvalue weighted by molar-refractivity contribution is 0.677. The van der Waals surface area contributed by atoms with Gasteiger partial charge in [-0.2, -0.15) is 11.8 Å². The molecule has 0 aliphatic carbocycles. The van der Waals surface area contributed by atoms with Gasteiger partial charge < -0.3 is 5.32 Å². The van der Waals surface area contributed by atoms with Crippen molar-refractivity contribution in [1.29, 1.82) is 0 Å². The van der Waals surface area contributed by atoms with Crippen LogP contribution in [0.5, 0.6) is 0 Å². The maximum Gasteiger partial charge on any atom is 0.183 e. The molecule has 1 aromatic heterocycles. The predicted octanol–water partition coefficient (Wildman–Crippen LogP) is 3.99. The molecule has 4 heteroatoms. The van der Waals surface area contributed by atoms with Gasteiger partial charge in [-0.25, -0.2) is 4.98 Å². The molecule has 17 heavy (non-hydrogen) atoms. The summed E-state index contributed by atoms with van der Waals surface area (Å²) in [6.07, 6.45) is 4.13. The van der Waals surface area contributed by atoms with E-state index in [9.17, 15) is 0 Å². The van der Waals surface area contributed by atoms with E-state index >= 15 is 0 Å². The minimum Gasteiger partial charge on any atom is -0.360 e. The Balaban J connectivity index is 1.64. The van der Waals surface area contributed by atoms with Crippen molar-refractivity contribution in [2.75, 3.05) is 17.6 Å². The molecule has 1 saturated heterocycles. The van der Waals surface area contributed by atoms with Crippen LogP contribution in [0.2, 0.25) is 0 Å². The lowest BCUT2D eigenvalue weighted by Crippen LogP contribution is -2.19. The van der Waals surface area contributed by atoms with E-state index in [4.69, 9.17) is 0 Å². The Morgan fingerprint density at radius 1 is 1.29 bits per heavy atom. The van der Waals surface area contributed by atoms with Gasteiger partial charge in [0, 0.05) is 11.8 Å². The van der Waals surface area contributed by atoms with Crippen LogP contribution >= 0.6 is 23.1 Å². The van der Waals surface area contributed by atoms with Crippen molar-refractivity contribution >= 4 is 38.4 Å². The zero-order valence-corrected chi connectivity index (χ0v) is 11.3. The molecule has 1 aliphatic heterocycles. The molecular weight excluding hydrogens is 248 g/mol. The van der Waals surface area contributed by atoms with E-state index in [1.807, 2.05) is 6.07 Å². The molecule has 1 aromatic carbocycles. The average molecular weight is 264 g/mol. The van der Waals surface area contributed by atoms with Crippen LogP contribution in [-0.2, 0) is 0 Å². The van der Waals surface area contributed by atoms with E-state index in [2.05, 4.69) is 40.3 Å². The Morgan fingerprint density at radius 2 is 2.24 bits per heavy atom. The molecule has 0 radical (unpaired) electrons. The maximum absolute atomic E-state index is 4.60. The Hall–Kier alpha value is -0.740. The second-order valence-electron chi connectivity index (χ2n) is 4.36. The normalized spacial score (nSPS) is 20.6. The van der Waals surface area contributed by atoms with Crippen molar-refractivity contribution < 1.29 is 0 Å². The first-order valence-electron chi connectivity index (χ1n) is 6.13. The third-order valence-electron chi connectivity index (χ3n) is 3.05. The van der Waals surface area contributed by atoms with Gasteiger partial charge in [-0.15, -0.1) is 0 Å². The molecule has 1 N–H and O–H groups in total. The molecule has 1 aliphatic rings. The molecule has 0 spiro atoms. The van der Waals surface area contributed by atoms with E-state index in [0.717, 1.165) is 22.4 Å². The molecule has 2 nitrogen and oxygen atoms in total. The molecule has 0 bridgehead atoms. The number of hydrogen-bond donors (Lipinski definition) is 1. The Bertz CT molecular complexity index is 456. The summed E-state index contributed by atoms with van der Waals surface area (Å²) >= 11 is 3.86. The molecule has 1 fully saturated rings. The molecule has 3 rings (SSSR count). The molecule has 2 aromatic rings. The smallest absolute Gasteiger partial charge is 0.183 e. The first kappa shape index (κ1) is 11.4. The number of para-hydroxylation sites is 1. The highest BCUT2D eigenvalue weighted by Crippen LogP contribution is 2.28. The molecule has 90 valence electrons. The van der Waals surface area contributed by atoms with Gasteiger partial charge in [0.05, 0.1) is 10.2 Å². The molecule has 1 unspecified atom stereocenters. The maximum atomic E-state index is 4.60. The van der Waals surface area contributed by atoms with E-state index in [-0.39, 0.29) is 0 Å². The van der Waals surface area contributed by atoms with Gasteiger partial charge >= 0.3 is 0 Å². The van der Waals surface area contributed by atoms with Crippen molar-refractivity contribution in [2.45, 2.75) is 24.5 Å². The third kappa shape index (κ3) is 2.75. The highest BCUT2D eigenvalue weighted by atomic mass is 32.2. The summed E-state index contributed by atoms with van der Waals surface area (Å²) in [6, 6.07) is 8.32. The van der Waals surface area contributed by atoms with Gasteiger partial charge in [0.15, 0.2) is 5.13 Å². The second kappa shape index (κ2) is 5.27. The lowest BCUT2D eigenvalue weighted by Gasteiger charge is -2.21. The number of anilines is 1. The Morgan fingerprint density at radius 3 is 3.06 bits per heavy atom. The number of hydrogen-bond acceptors (Lipinski definition) is 4. The number of aromatic nitrogens is 1. The first-order chi connectivity index (χ1) is 8.42. The first-order valence-corrected chi connectivity index (χ1v) is 7.99. The zero-order valence-electron chi connectivity index (χ0n) is 9.69. The second-order valence-corrected chi connectivity index (χ2v) is 6.80. The van der Waals surface area contributed by atoms with Crippen molar-refractivity contribution in [3.63, 3.8) is 0 Å². The van der Waals surface area contributed by atoms with E-state index in [1.54, 1.807) is 11.3 Å². The van der Waals surface area contributed by atoms with Gasteiger partial charge in [0.1, 0.15) is 0 Å². The summed E-state index contributed by atoms with van der Waals surface area (Å²) in [4.78, 5) is 4.60. The number of rotatable bonds is 3. The predicted molar refractivity (Wildman–Crippen MR) is 78.2 cm³/mol. The quantitative estimate of drug-likeness (QED) is 0.907. The summed E-state index contributed by atoms with van der Waals surface area (Å²) in [5.41, 5.74) is 1.11. The molecule has 2 heterocycles. The third-order valence-corrected chi connectivity index (χ3v) is 5.44. The fraction of sp³-hybridized carbons (Fsp3) is 0.462. The summed E-state index contributed by atoms with van der Waals surface area (Å²) in [5.74, 6) is 1.33. The highest BCUT2D eigenvalue weighted by Gasteiger charge is 2.14. The number of nitrogens with zero attached hydrogens (tertiary/aromatic N) is 1. The van der Waals surface area contributed by atoms with Gasteiger partial charge in [-0.05, 0) is 30.7 Å². The number of benzene rings is 1. The van der Waals surface area contributed by atoms with Crippen LogP contribution in [0.25, 0.3) is 10.2 Å². The van der Waals surface area contributed by atoms with Crippen LogP contribution in [0.15, 0.2) is 24.3 Å². The van der Waals surface area contributed by atoms with Crippen LogP contribution in [0.3, 0.4) is 0 Å². The number of thioether (sulfide) groups is 1. The van der Waals surface area contributed by atoms with Gasteiger partial charge in [0.25, 0.3) is 0 Å². The van der Waals surface area contributed by atoms with Crippen molar-refractivity contribution in [3.05, 3.63) is 24.3 Å². The number of nitrogens with one attached hydrogen (secondary N) is 1. The Kier molecular flexibility index (Phi) is 3.52. The fourth-order valence-corrected chi connectivity index (χ4v) is 4.23. The van der Waals surface area contributed by atoms with Crippen LogP contribution in [0.1, 0.15) is 19.3 Å². The van der Waals surface area contributed by atoms with Crippen LogP contribution < -0.4 is 5.32 Å². The SMILES string of the molecule is c1ccc2sc(NCC3CCCCS3)nc2c1. The lowest BCUT2D eigenvalue weighted by atomic mass is 10.2. The standard InChI is InChI=1S/C13H16N2S2/c1-2-7-12-11(6-1)15-13(17-12)14-9-10-5-3-4-8-16-10/h1-2,6-7,10H,3-5,8-9H2,(H,14,15). The average Bonchev–Trinajstić information content (AvgIpc) is 2.80. The van der Waals surface area contributed by atoms with Crippen molar-refractivity contribution in [2.24, 2.45) is 0 Å². The molecule has 0 amide bonds. The topological polar surface area (TPSA) is 24.9 Å². The minimum absolute atomic E-state index is 0.774. The molecular formula is C13H16N2S2. The summed E-state index contributed by atoms with van der Waals surface area (Å²) in [5, 5.41) is 5.33. The van der Waals surface area contributed by atoms with Crippen molar-refractivity contribution in [3.8, 4) is 0 Å². The monoisotopic (exact) mass is 264 g/mol. The highest BCUT2D eigenvalue weighted by molar-refractivity contribution is 7.99. The van der Waals surface area contributed by atoms with Crippen LogP contribution in [0, 0.1) is 0 Å². The largest absolute Gasteiger partial charge is 0.360 e. The minimum atomic E-state index is 0.774. The van der Waals surface area contributed by atoms with Crippen molar-refractivity contribution in [1.82, 2.24) is 4.98 Å². The summed E-state index contributed by atoms with van der Waals surface area (Å²) in [6.45, 7) is 1.06. The van der Waals surface area contributed by atoms with Crippen LogP contribution in [0.4, 0.5) is 5.13 Å². The van der Waals surface area contributed by atoms with E-state index in [1.165, 1.54) is 29.7 Å². The number of fused-ring (bicyclic) bond motifs is 1. The zero-order chi connectivity index (χ0) is 11.5. The van der Waals surface area contributed by atoms with Gasteiger partial charge in [-0.1, -0.05) is 29.9 Å². The van der Waals surface area contributed by atoms with Gasteiger partial charge in [0.2, 0.25) is 0 Å². The summed E-state index contributed by atoms with van der Waals surface area (Å²) < 4.78 is 1.27. The molecule has 0 saturated carbocycles.